The standard InChI is InChI=1S/C16H27NO6S/c1-9(2)23-14(19)10(3)17-12-6-11-7-13(18)16(12,15(11,4)5)8-24(20,21)22/h9-12,17H,6-8H2,1-5H3,(H,20,21,22). The summed E-state index contributed by atoms with van der Waals surface area (Å²) in [6, 6.07) is -1.16. The number of hydrogen-bond donors (Lipinski definition) is 2. The van der Waals surface area contributed by atoms with Gasteiger partial charge in [0, 0.05) is 12.5 Å². The molecular weight excluding hydrogens is 334 g/mol. The van der Waals surface area contributed by atoms with E-state index in [1.54, 1.807) is 20.8 Å². The van der Waals surface area contributed by atoms with Crippen LogP contribution >= 0.6 is 0 Å². The molecule has 2 saturated carbocycles. The molecule has 0 heterocycles. The van der Waals surface area contributed by atoms with Crippen molar-refractivity contribution in [3.05, 3.63) is 0 Å². The van der Waals surface area contributed by atoms with E-state index in [1.807, 2.05) is 13.8 Å². The zero-order valence-electron chi connectivity index (χ0n) is 14.8. The Labute approximate surface area is 143 Å². The van der Waals surface area contributed by atoms with Crippen molar-refractivity contribution >= 4 is 21.9 Å². The highest BCUT2D eigenvalue weighted by atomic mass is 32.2. The predicted molar refractivity (Wildman–Crippen MR) is 88.0 cm³/mol. The Morgan fingerprint density at radius 1 is 1.38 bits per heavy atom. The third-order valence-corrected chi connectivity index (χ3v) is 6.60. The topological polar surface area (TPSA) is 110 Å². The fourth-order valence-electron chi connectivity index (χ4n) is 4.46. The lowest BCUT2D eigenvalue weighted by Gasteiger charge is -2.41. The second-order valence-corrected chi connectivity index (χ2v) is 9.36. The molecule has 2 aliphatic rings. The molecule has 2 aliphatic carbocycles. The van der Waals surface area contributed by atoms with Gasteiger partial charge in [-0.1, -0.05) is 13.8 Å². The summed E-state index contributed by atoms with van der Waals surface area (Å²) in [7, 11) is -4.34. The molecule has 2 N–H and O–H groups in total. The molecule has 4 atom stereocenters. The lowest BCUT2D eigenvalue weighted by atomic mass is 9.68. The van der Waals surface area contributed by atoms with Gasteiger partial charge in [-0.05, 0) is 38.5 Å². The molecule has 0 radical (unpaired) electrons. The third kappa shape index (κ3) is 3.11. The first kappa shape index (κ1) is 19.3. The molecule has 0 aromatic rings. The maximum atomic E-state index is 12.7. The highest BCUT2D eigenvalue weighted by Crippen LogP contribution is 2.64. The van der Waals surface area contributed by atoms with Gasteiger partial charge in [-0.2, -0.15) is 8.42 Å². The zero-order valence-corrected chi connectivity index (χ0v) is 15.6. The molecule has 24 heavy (non-hydrogen) atoms. The number of rotatable bonds is 6. The highest BCUT2D eigenvalue weighted by molar-refractivity contribution is 7.85. The normalized spacial score (nSPS) is 33.0. The van der Waals surface area contributed by atoms with Gasteiger partial charge in [0.25, 0.3) is 10.1 Å². The van der Waals surface area contributed by atoms with Crippen LogP contribution in [0.5, 0.6) is 0 Å². The van der Waals surface area contributed by atoms with Crippen LogP contribution in [0, 0.1) is 16.7 Å². The van der Waals surface area contributed by atoms with Crippen molar-refractivity contribution in [3.63, 3.8) is 0 Å². The number of hydrogen-bond acceptors (Lipinski definition) is 6. The van der Waals surface area contributed by atoms with Crippen molar-refractivity contribution in [2.75, 3.05) is 5.75 Å². The van der Waals surface area contributed by atoms with Gasteiger partial charge in [-0.3, -0.25) is 14.1 Å². The Hall–Kier alpha value is -0.990. The van der Waals surface area contributed by atoms with Gasteiger partial charge in [-0.25, -0.2) is 0 Å². The Kier molecular flexibility index (Phi) is 4.89. The molecule has 0 spiro atoms. The molecule has 0 aromatic carbocycles. The zero-order chi connectivity index (χ0) is 18.5. The molecule has 0 saturated heterocycles. The van der Waals surface area contributed by atoms with Gasteiger partial charge in [0.05, 0.1) is 17.3 Å². The molecule has 0 amide bonds. The van der Waals surface area contributed by atoms with E-state index < -0.39 is 44.8 Å². The number of esters is 1. The van der Waals surface area contributed by atoms with Crippen molar-refractivity contribution in [1.82, 2.24) is 5.32 Å². The summed E-state index contributed by atoms with van der Waals surface area (Å²) in [6.45, 7) is 8.86. The number of nitrogens with one attached hydrogen (secondary N) is 1. The van der Waals surface area contributed by atoms with Crippen LogP contribution in [0.1, 0.15) is 47.5 Å². The van der Waals surface area contributed by atoms with Crippen molar-refractivity contribution in [1.29, 1.82) is 0 Å². The minimum absolute atomic E-state index is 0.0255. The number of ketones is 1. The van der Waals surface area contributed by atoms with E-state index in [9.17, 15) is 22.6 Å². The van der Waals surface area contributed by atoms with Gasteiger partial charge in [0.2, 0.25) is 0 Å². The lowest BCUT2D eigenvalue weighted by molar-refractivity contribution is -0.150. The summed E-state index contributed by atoms with van der Waals surface area (Å²) in [5.74, 6) is -1.20. The summed E-state index contributed by atoms with van der Waals surface area (Å²) >= 11 is 0. The Morgan fingerprint density at radius 3 is 2.42 bits per heavy atom. The van der Waals surface area contributed by atoms with E-state index >= 15 is 0 Å². The van der Waals surface area contributed by atoms with Gasteiger partial charge < -0.3 is 10.1 Å². The highest BCUT2D eigenvalue weighted by Gasteiger charge is 2.70. The average molecular weight is 361 g/mol. The van der Waals surface area contributed by atoms with Gasteiger partial charge >= 0.3 is 5.97 Å². The van der Waals surface area contributed by atoms with Gasteiger partial charge in [-0.15, -0.1) is 0 Å². The Morgan fingerprint density at radius 2 is 1.96 bits per heavy atom. The first-order chi connectivity index (χ1) is 10.8. The van der Waals surface area contributed by atoms with Crippen LogP contribution in [0.25, 0.3) is 0 Å². The van der Waals surface area contributed by atoms with Crippen LogP contribution in [0.3, 0.4) is 0 Å². The predicted octanol–water partition coefficient (Wildman–Crippen LogP) is 1.18. The summed E-state index contributed by atoms with van der Waals surface area (Å²) in [5, 5.41) is 3.09. The van der Waals surface area contributed by atoms with Crippen molar-refractivity contribution in [2.45, 2.75) is 65.6 Å². The molecule has 2 fully saturated rings. The van der Waals surface area contributed by atoms with E-state index in [-0.39, 0.29) is 17.8 Å². The minimum Gasteiger partial charge on any atom is -0.462 e. The van der Waals surface area contributed by atoms with Crippen molar-refractivity contribution in [2.24, 2.45) is 16.7 Å². The molecule has 2 bridgehead atoms. The molecule has 8 heteroatoms. The smallest absolute Gasteiger partial charge is 0.323 e. The van der Waals surface area contributed by atoms with Crippen LogP contribution in [0.4, 0.5) is 0 Å². The minimum atomic E-state index is -4.34. The van der Waals surface area contributed by atoms with E-state index in [0.717, 1.165) is 0 Å². The van der Waals surface area contributed by atoms with E-state index in [2.05, 4.69) is 5.32 Å². The second-order valence-electron chi connectivity index (χ2n) is 7.91. The van der Waals surface area contributed by atoms with Gasteiger partial charge in [0.1, 0.15) is 11.8 Å². The van der Waals surface area contributed by atoms with Crippen LogP contribution in [0.15, 0.2) is 0 Å². The molecule has 138 valence electrons. The molecule has 2 rings (SSSR count). The van der Waals surface area contributed by atoms with E-state index in [0.29, 0.717) is 12.8 Å². The molecule has 4 unspecified atom stereocenters. The molecule has 7 nitrogen and oxygen atoms in total. The molecule has 0 aliphatic heterocycles. The van der Waals surface area contributed by atoms with Crippen LogP contribution in [-0.4, -0.2) is 48.7 Å². The van der Waals surface area contributed by atoms with E-state index in [1.165, 1.54) is 0 Å². The maximum Gasteiger partial charge on any atom is 0.323 e. The lowest BCUT2D eigenvalue weighted by Crippen LogP contribution is -2.57. The fraction of sp³-hybridized carbons (Fsp3) is 0.875. The second kappa shape index (κ2) is 6.07. The van der Waals surface area contributed by atoms with Crippen LogP contribution in [0.2, 0.25) is 0 Å². The Bertz CT molecular complexity index is 641. The quantitative estimate of drug-likeness (QED) is 0.540. The number of carbonyl (C=O) groups is 2. The first-order valence-corrected chi connectivity index (χ1v) is 9.87. The van der Waals surface area contributed by atoms with E-state index in [4.69, 9.17) is 4.74 Å². The van der Waals surface area contributed by atoms with Crippen molar-refractivity contribution < 1.29 is 27.3 Å². The van der Waals surface area contributed by atoms with Crippen LogP contribution in [-0.2, 0) is 24.4 Å². The fourth-order valence-corrected chi connectivity index (χ4v) is 5.77. The summed E-state index contributed by atoms with van der Waals surface area (Å²) in [6.07, 6.45) is 0.644. The summed E-state index contributed by atoms with van der Waals surface area (Å²) in [4.78, 5) is 24.7. The monoisotopic (exact) mass is 361 g/mol. The largest absolute Gasteiger partial charge is 0.462 e. The van der Waals surface area contributed by atoms with Gasteiger partial charge in [0.15, 0.2) is 0 Å². The number of Topliss-reactive ketones (excluding diaryl/α,β-unsaturated/α-hetero) is 1. The Balaban J connectivity index is 2.30. The maximum absolute atomic E-state index is 12.7. The molecule has 0 aromatic heterocycles. The number of ether oxygens (including phenoxy) is 1. The number of carbonyl (C=O) groups excluding carboxylic acids is 2. The van der Waals surface area contributed by atoms with Crippen molar-refractivity contribution in [3.8, 4) is 0 Å². The summed E-state index contributed by atoms with van der Waals surface area (Å²) in [5.41, 5.74) is -1.79. The summed E-state index contributed by atoms with van der Waals surface area (Å²) < 4.78 is 37.8. The third-order valence-electron chi connectivity index (χ3n) is 5.78. The average Bonchev–Trinajstić information content (AvgIpc) is 2.67. The number of fused-ring (bicyclic) bond motifs is 2. The van der Waals surface area contributed by atoms with Crippen LogP contribution < -0.4 is 5.32 Å². The molecular formula is C16H27NO6S. The SMILES string of the molecule is CC(C)OC(=O)C(C)NC1CC2CC(=O)C1(CS(=O)(=O)O)C2(C)C. The first-order valence-electron chi connectivity index (χ1n) is 8.26.